The van der Waals surface area contributed by atoms with Crippen molar-refractivity contribution in [2.75, 3.05) is 0 Å². The van der Waals surface area contributed by atoms with Gasteiger partial charge in [-0.05, 0) is 25.7 Å². The zero-order valence-corrected chi connectivity index (χ0v) is 9.00. The summed E-state index contributed by atoms with van der Waals surface area (Å²) in [5.74, 6) is 0. The van der Waals surface area contributed by atoms with Crippen molar-refractivity contribution in [1.82, 2.24) is 5.32 Å². The topological polar surface area (TPSA) is 81.1 Å². The third kappa shape index (κ3) is 5.96. The smallest absolute Gasteiger partial charge is 0.312 e. The maximum atomic E-state index is 10.4. The molecule has 1 rings (SSSR count). The number of primary amides is 1. The second-order valence-electron chi connectivity index (χ2n) is 3.12. The van der Waals surface area contributed by atoms with Crippen molar-refractivity contribution in [3.05, 3.63) is 0 Å². The largest absolute Gasteiger partial charge is 0.352 e. The number of rotatable bonds is 1. The van der Waals surface area contributed by atoms with E-state index in [1.807, 2.05) is 0 Å². The number of nitrogens with one attached hydrogen (secondary N) is 1. The molecule has 0 unspecified atom stereocenters. The third-order valence-corrected chi connectivity index (χ3v) is 2.12. The van der Waals surface area contributed by atoms with Gasteiger partial charge in [-0.2, -0.15) is 0 Å². The van der Waals surface area contributed by atoms with Gasteiger partial charge in [0.05, 0.1) is 0 Å². The van der Waals surface area contributed by atoms with Gasteiger partial charge in [0.1, 0.15) is 0 Å². The highest BCUT2D eigenvalue weighted by molar-refractivity contribution is 5.85. The van der Waals surface area contributed by atoms with Gasteiger partial charge in [0.2, 0.25) is 0 Å². The molecule has 6 heteroatoms. The van der Waals surface area contributed by atoms with Crippen LogP contribution in [0.1, 0.15) is 25.7 Å². The Morgan fingerprint density at radius 2 is 1.62 bits per heavy atom. The summed E-state index contributed by atoms with van der Waals surface area (Å²) in [6, 6.07) is 0.152. The lowest BCUT2D eigenvalue weighted by molar-refractivity contribution is 0.239. The number of hydrogen-bond donors (Lipinski definition) is 3. The van der Waals surface area contributed by atoms with Crippen LogP contribution < -0.4 is 16.8 Å². The number of urea groups is 1. The van der Waals surface area contributed by atoms with Crippen molar-refractivity contribution in [1.29, 1.82) is 0 Å². The van der Waals surface area contributed by atoms with E-state index in [-0.39, 0.29) is 30.9 Å². The molecule has 0 atom stereocenters. The van der Waals surface area contributed by atoms with Crippen molar-refractivity contribution in [2.24, 2.45) is 11.5 Å². The molecule has 0 radical (unpaired) electrons. The van der Waals surface area contributed by atoms with Gasteiger partial charge in [0.25, 0.3) is 0 Å². The summed E-state index contributed by atoms with van der Waals surface area (Å²) in [5.41, 5.74) is 10.7. The number of amides is 2. The van der Waals surface area contributed by atoms with E-state index in [1.54, 1.807) is 0 Å². The maximum Gasteiger partial charge on any atom is 0.312 e. The van der Waals surface area contributed by atoms with E-state index in [0.717, 1.165) is 25.7 Å². The minimum atomic E-state index is -0.425. The van der Waals surface area contributed by atoms with Crippen molar-refractivity contribution in [3.8, 4) is 0 Å². The lowest BCUT2D eigenvalue weighted by Crippen LogP contribution is -2.42. The quantitative estimate of drug-likeness (QED) is 0.621. The number of carbonyl (C=O) groups excluding carboxylic acids is 1. The second-order valence-corrected chi connectivity index (χ2v) is 3.12. The summed E-state index contributed by atoms with van der Waals surface area (Å²) in [6.07, 6.45) is 3.91. The average Bonchev–Trinajstić information content (AvgIpc) is 1.93. The molecule has 0 aromatic rings. The molecule has 0 spiro atoms. The van der Waals surface area contributed by atoms with Crippen LogP contribution in [0, 0.1) is 0 Å². The molecule has 0 saturated heterocycles. The Labute approximate surface area is 90.6 Å². The highest BCUT2D eigenvalue weighted by atomic mass is 35.5. The van der Waals surface area contributed by atoms with Crippen LogP contribution in [0.2, 0.25) is 0 Å². The average molecular weight is 230 g/mol. The molecular weight excluding hydrogens is 213 g/mol. The molecule has 0 heterocycles. The van der Waals surface area contributed by atoms with Crippen molar-refractivity contribution in [3.63, 3.8) is 0 Å². The van der Waals surface area contributed by atoms with Crippen LogP contribution in [-0.4, -0.2) is 18.1 Å². The first kappa shape index (κ1) is 15.3. The van der Waals surface area contributed by atoms with Crippen LogP contribution in [0.5, 0.6) is 0 Å². The molecule has 1 saturated carbocycles. The number of carbonyl (C=O) groups is 1. The minimum Gasteiger partial charge on any atom is -0.352 e. The van der Waals surface area contributed by atoms with E-state index in [9.17, 15) is 4.79 Å². The molecular formula is C7H17Cl2N3O. The molecule has 2 amide bonds. The van der Waals surface area contributed by atoms with Crippen molar-refractivity contribution in [2.45, 2.75) is 37.8 Å². The summed E-state index contributed by atoms with van der Waals surface area (Å²) in [7, 11) is 0. The van der Waals surface area contributed by atoms with E-state index in [0.29, 0.717) is 6.04 Å². The summed E-state index contributed by atoms with van der Waals surface area (Å²) in [4.78, 5) is 10.4. The number of hydrogen-bond acceptors (Lipinski definition) is 2. The van der Waals surface area contributed by atoms with Crippen LogP contribution >= 0.6 is 24.8 Å². The van der Waals surface area contributed by atoms with E-state index in [4.69, 9.17) is 11.5 Å². The summed E-state index contributed by atoms with van der Waals surface area (Å²) in [5, 5.41) is 2.69. The Bertz CT molecular complexity index is 149. The predicted molar refractivity (Wildman–Crippen MR) is 57.4 cm³/mol. The lowest BCUT2D eigenvalue weighted by Gasteiger charge is -2.25. The van der Waals surface area contributed by atoms with E-state index >= 15 is 0 Å². The standard InChI is InChI=1S/C7H15N3O.2ClH/c8-5-1-3-6(4-2-5)10-7(9)11;;/h5-6H,1-4,8H2,(H3,9,10,11);2*1H. The van der Waals surface area contributed by atoms with Gasteiger partial charge in [-0.1, -0.05) is 0 Å². The number of nitrogens with two attached hydrogens (primary N) is 2. The first-order chi connectivity index (χ1) is 5.18. The Kier molecular flexibility index (Phi) is 8.51. The van der Waals surface area contributed by atoms with Crippen molar-refractivity contribution >= 4 is 30.8 Å². The number of halogens is 2. The van der Waals surface area contributed by atoms with Gasteiger partial charge in [-0.3, -0.25) is 0 Å². The molecule has 0 aliphatic heterocycles. The highest BCUT2D eigenvalue weighted by Gasteiger charge is 2.18. The first-order valence-corrected chi connectivity index (χ1v) is 4.00. The van der Waals surface area contributed by atoms with Crippen LogP contribution in [0.25, 0.3) is 0 Å². The van der Waals surface area contributed by atoms with Crippen LogP contribution in [0.15, 0.2) is 0 Å². The molecule has 0 aromatic carbocycles. The molecule has 80 valence electrons. The van der Waals surface area contributed by atoms with Gasteiger partial charge in [-0.15, -0.1) is 24.8 Å². The lowest BCUT2D eigenvalue weighted by atomic mass is 9.92. The van der Waals surface area contributed by atoms with Crippen LogP contribution in [0.3, 0.4) is 0 Å². The predicted octanol–water partition coefficient (Wildman–Crippen LogP) is 0.768. The molecule has 5 N–H and O–H groups in total. The van der Waals surface area contributed by atoms with E-state index < -0.39 is 6.03 Å². The van der Waals surface area contributed by atoms with Crippen molar-refractivity contribution < 1.29 is 4.79 Å². The Hall–Kier alpha value is -0.190. The van der Waals surface area contributed by atoms with E-state index in [1.165, 1.54) is 0 Å². The van der Waals surface area contributed by atoms with Gasteiger partial charge in [0, 0.05) is 12.1 Å². The van der Waals surface area contributed by atoms with Crippen LogP contribution in [-0.2, 0) is 0 Å². The zero-order valence-electron chi connectivity index (χ0n) is 7.36. The third-order valence-electron chi connectivity index (χ3n) is 2.12. The SMILES string of the molecule is Cl.Cl.NC(=O)NC1CCC(N)CC1. The zero-order chi connectivity index (χ0) is 8.27. The maximum absolute atomic E-state index is 10.4. The summed E-state index contributed by atoms with van der Waals surface area (Å²) >= 11 is 0. The Balaban J connectivity index is 0. The molecule has 4 nitrogen and oxygen atoms in total. The normalized spacial score (nSPS) is 26.5. The fourth-order valence-electron chi connectivity index (χ4n) is 1.46. The van der Waals surface area contributed by atoms with E-state index in [2.05, 4.69) is 5.32 Å². The van der Waals surface area contributed by atoms with Gasteiger partial charge >= 0.3 is 6.03 Å². The molecule has 13 heavy (non-hydrogen) atoms. The van der Waals surface area contributed by atoms with Crippen LogP contribution in [0.4, 0.5) is 4.79 Å². The fourth-order valence-corrected chi connectivity index (χ4v) is 1.46. The fraction of sp³-hybridized carbons (Fsp3) is 0.857. The first-order valence-electron chi connectivity index (χ1n) is 4.00. The van der Waals surface area contributed by atoms with Gasteiger partial charge in [-0.25, -0.2) is 4.79 Å². The minimum absolute atomic E-state index is 0. The molecule has 1 aliphatic rings. The van der Waals surface area contributed by atoms with Gasteiger partial charge < -0.3 is 16.8 Å². The Morgan fingerprint density at radius 1 is 1.15 bits per heavy atom. The van der Waals surface area contributed by atoms with Gasteiger partial charge in [0.15, 0.2) is 0 Å². The Morgan fingerprint density at radius 3 is 2.00 bits per heavy atom. The summed E-state index contributed by atoms with van der Waals surface area (Å²) < 4.78 is 0. The molecule has 0 aromatic heterocycles. The molecule has 0 bridgehead atoms. The molecule has 1 aliphatic carbocycles. The highest BCUT2D eigenvalue weighted by Crippen LogP contribution is 2.16. The second kappa shape index (κ2) is 7.24. The molecule has 1 fully saturated rings. The summed E-state index contributed by atoms with van der Waals surface area (Å²) in [6.45, 7) is 0. The monoisotopic (exact) mass is 229 g/mol.